The SMILES string of the molecule is Cc1cnc([N+](=O)[O-])n1CCN. The normalized spacial score (nSPS) is 10.2. The second kappa shape index (κ2) is 3.31. The van der Waals surface area contributed by atoms with Gasteiger partial charge in [-0.05, 0) is 11.8 Å². The standard InChI is InChI=1S/C6H10N4O2/c1-5-4-8-6(10(11)12)9(5)3-2-7/h4H,2-3,7H2,1H3. The molecule has 0 atom stereocenters. The highest BCUT2D eigenvalue weighted by Gasteiger charge is 2.16. The predicted octanol–water partition coefficient (Wildman–Crippen LogP) is 0.0584. The minimum Gasteiger partial charge on any atom is -0.390 e. The van der Waals surface area contributed by atoms with Gasteiger partial charge in [-0.2, -0.15) is 0 Å². The molecule has 66 valence electrons. The number of nitro groups is 1. The van der Waals surface area contributed by atoms with Gasteiger partial charge in [0.05, 0.1) is 6.54 Å². The van der Waals surface area contributed by atoms with Gasteiger partial charge in [0.1, 0.15) is 11.9 Å². The van der Waals surface area contributed by atoms with E-state index in [1.165, 1.54) is 10.8 Å². The third-order valence-electron chi connectivity index (χ3n) is 1.55. The maximum Gasteiger partial charge on any atom is 0.434 e. The summed E-state index contributed by atoms with van der Waals surface area (Å²) in [7, 11) is 0. The lowest BCUT2D eigenvalue weighted by molar-refractivity contribution is -0.396. The van der Waals surface area contributed by atoms with Crippen LogP contribution in [0.1, 0.15) is 5.69 Å². The summed E-state index contributed by atoms with van der Waals surface area (Å²) in [6.45, 7) is 2.57. The summed E-state index contributed by atoms with van der Waals surface area (Å²) in [6.07, 6.45) is 1.47. The summed E-state index contributed by atoms with van der Waals surface area (Å²) in [5, 5.41) is 10.4. The highest BCUT2D eigenvalue weighted by Crippen LogP contribution is 2.10. The van der Waals surface area contributed by atoms with E-state index in [2.05, 4.69) is 4.98 Å². The first-order valence-corrected chi connectivity index (χ1v) is 3.53. The first kappa shape index (κ1) is 8.66. The zero-order valence-electron chi connectivity index (χ0n) is 6.73. The van der Waals surface area contributed by atoms with Crippen LogP contribution in [0.2, 0.25) is 0 Å². The van der Waals surface area contributed by atoms with Crippen LogP contribution in [0.4, 0.5) is 5.95 Å². The third kappa shape index (κ3) is 1.42. The molecule has 1 aromatic rings. The van der Waals surface area contributed by atoms with E-state index in [9.17, 15) is 10.1 Å². The van der Waals surface area contributed by atoms with Gasteiger partial charge in [0.2, 0.25) is 0 Å². The van der Waals surface area contributed by atoms with Gasteiger partial charge in [0, 0.05) is 6.54 Å². The number of nitrogens with two attached hydrogens (primary N) is 1. The van der Waals surface area contributed by atoms with Gasteiger partial charge in [-0.1, -0.05) is 4.98 Å². The van der Waals surface area contributed by atoms with Gasteiger partial charge in [0.25, 0.3) is 0 Å². The molecule has 1 rings (SSSR count). The van der Waals surface area contributed by atoms with Crippen LogP contribution >= 0.6 is 0 Å². The van der Waals surface area contributed by atoms with E-state index in [0.717, 1.165) is 5.69 Å². The lowest BCUT2D eigenvalue weighted by Crippen LogP contribution is -2.13. The zero-order valence-corrected chi connectivity index (χ0v) is 6.73. The van der Waals surface area contributed by atoms with Gasteiger partial charge >= 0.3 is 5.95 Å². The molecular weight excluding hydrogens is 160 g/mol. The van der Waals surface area contributed by atoms with Crippen LogP contribution in [-0.2, 0) is 6.54 Å². The predicted molar refractivity (Wildman–Crippen MR) is 42.7 cm³/mol. The number of hydrogen-bond donors (Lipinski definition) is 1. The van der Waals surface area contributed by atoms with Crippen molar-refractivity contribution in [3.8, 4) is 0 Å². The van der Waals surface area contributed by atoms with Crippen molar-refractivity contribution in [3.63, 3.8) is 0 Å². The van der Waals surface area contributed by atoms with Gasteiger partial charge in [0.15, 0.2) is 0 Å². The average Bonchev–Trinajstić information content (AvgIpc) is 2.34. The van der Waals surface area contributed by atoms with Crippen LogP contribution in [0.25, 0.3) is 0 Å². The molecule has 0 aromatic carbocycles. The van der Waals surface area contributed by atoms with Crippen molar-refractivity contribution in [3.05, 3.63) is 22.0 Å². The van der Waals surface area contributed by atoms with Gasteiger partial charge in [-0.3, -0.25) is 0 Å². The zero-order chi connectivity index (χ0) is 9.14. The Kier molecular flexibility index (Phi) is 2.39. The van der Waals surface area contributed by atoms with Crippen molar-refractivity contribution >= 4 is 5.95 Å². The Balaban J connectivity index is 3.03. The Morgan fingerprint density at radius 1 is 1.83 bits per heavy atom. The number of hydrogen-bond acceptors (Lipinski definition) is 4. The molecule has 0 unspecified atom stereocenters. The fourth-order valence-electron chi connectivity index (χ4n) is 0.999. The Morgan fingerprint density at radius 2 is 2.50 bits per heavy atom. The summed E-state index contributed by atoms with van der Waals surface area (Å²) >= 11 is 0. The molecule has 1 aromatic heterocycles. The van der Waals surface area contributed by atoms with Gasteiger partial charge < -0.3 is 15.8 Å². The Morgan fingerprint density at radius 3 is 3.00 bits per heavy atom. The monoisotopic (exact) mass is 170 g/mol. The molecule has 0 saturated heterocycles. The number of rotatable bonds is 3. The first-order valence-electron chi connectivity index (χ1n) is 3.53. The molecule has 1 heterocycles. The average molecular weight is 170 g/mol. The number of aryl methyl sites for hydroxylation is 1. The van der Waals surface area contributed by atoms with Crippen LogP contribution in [0.5, 0.6) is 0 Å². The minimum absolute atomic E-state index is 0.141. The van der Waals surface area contributed by atoms with E-state index in [-0.39, 0.29) is 5.95 Å². The lowest BCUT2D eigenvalue weighted by Gasteiger charge is -1.99. The number of aromatic nitrogens is 2. The smallest absolute Gasteiger partial charge is 0.390 e. The molecule has 6 nitrogen and oxygen atoms in total. The maximum absolute atomic E-state index is 10.4. The molecule has 0 aliphatic heterocycles. The molecule has 12 heavy (non-hydrogen) atoms. The number of nitrogens with zero attached hydrogens (tertiary/aromatic N) is 3. The van der Waals surface area contributed by atoms with Crippen LogP contribution in [0, 0.1) is 17.0 Å². The van der Waals surface area contributed by atoms with Crippen LogP contribution in [0.15, 0.2) is 6.20 Å². The second-order valence-corrected chi connectivity index (χ2v) is 2.40. The fourth-order valence-corrected chi connectivity index (χ4v) is 0.999. The highest BCUT2D eigenvalue weighted by atomic mass is 16.6. The summed E-state index contributed by atoms with van der Waals surface area (Å²) in [5.41, 5.74) is 6.04. The van der Waals surface area contributed by atoms with Crippen molar-refractivity contribution in [1.82, 2.24) is 9.55 Å². The third-order valence-corrected chi connectivity index (χ3v) is 1.55. The van der Waals surface area contributed by atoms with E-state index in [0.29, 0.717) is 13.1 Å². The summed E-state index contributed by atoms with van der Waals surface area (Å²) in [6, 6.07) is 0. The summed E-state index contributed by atoms with van der Waals surface area (Å²) in [5.74, 6) is -0.141. The van der Waals surface area contributed by atoms with Gasteiger partial charge in [-0.15, -0.1) is 0 Å². The Labute approximate surface area is 69.2 Å². The molecule has 0 fully saturated rings. The van der Waals surface area contributed by atoms with Crippen LogP contribution < -0.4 is 5.73 Å². The van der Waals surface area contributed by atoms with E-state index >= 15 is 0 Å². The Hall–Kier alpha value is -1.43. The van der Waals surface area contributed by atoms with Crippen molar-refractivity contribution < 1.29 is 4.92 Å². The molecule has 0 aliphatic carbocycles. The first-order chi connectivity index (χ1) is 5.66. The van der Waals surface area contributed by atoms with Crippen molar-refractivity contribution in [1.29, 1.82) is 0 Å². The molecule has 0 bridgehead atoms. The quantitative estimate of drug-likeness (QED) is 0.513. The molecule has 0 radical (unpaired) electrons. The van der Waals surface area contributed by atoms with E-state index in [1.807, 2.05) is 0 Å². The molecule has 0 amide bonds. The van der Waals surface area contributed by atoms with Crippen molar-refractivity contribution in [2.24, 2.45) is 5.73 Å². The summed E-state index contributed by atoms with van der Waals surface area (Å²) < 4.78 is 1.49. The van der Waals surface area contributed by atoms with E-state index < -0.39 is 4.92 Å². The number of imidazole rings is 1. The largest absolute Gasteiger partial charge is 0.434 e. The maximum atomic E-state index is 10.4. The van der Waals surface area contributed by atoms with Crippen molar-refractivity contribution in [2.75, 3.05) is 6.54 Å². The highest BCUT2D eigenvalue weighted by molar-refractivity contribution is 5.13. The lowest BCUT2D eigenvalue weighted by atomic mass is 10.5. The van der Waals surface area contributed by atoms with Gasteiger partial charge in [-0.25, -0.2) is 4.57 Å². The molecule has 0 saturated carbocycles. The fraction of sp³-hybridized carbons (Fsp3) is 0.500. The molecular formula is C6H10N4O2. The topological polar surface area (TPSA) is 87.0 Å². The minimum atomic E-state index is -0.511. The molecule has 0 aliphatic rings. The van der Waals surface area contributed by atoms with E-state index in [4.69, 9.17) is 5.73 Å². The molecule has 6 heteroatoms. The second-order valence-electron chi connectivity index (χ2n) is 2.40. The van der Waals surface area contributed by atoms with Crippen molar-refractivity contribution in [2.45, 2.75) is 13.5 Å². The molecule has 2 N–H and O–H groups in total. The molecule has 0 spiro atoms. The van der Waals surface area contributed by atoms with Crippen LogP contribution in [0.3, 0.4) is 0 Å². The summed E-state index contributed by atoms with van der Waals surface area (Å²) in [4.78, 5) is 13.5. The Bertz CT molecular complexity index is 294. The van der Waals surface area contributed by atoms with E-state index in [1.54, 1.807) is 6.92 Å². The van der Waals surface area contributed by atoms with Crippen LogP contribution in [-0.4, -0.2) is 21.0 Å².